The first-order chi connectivity index (χ1) is 17.3. The Morgan fingerprint density at radius 1 is 1.08 bits per heavy atom. The number of pyridine rings is 1. The van der Waals surface area contributed by atoms with Crippen LogP contribution in [0.4, 0.5) is 5.69 Å². The van der Waals surface area contributed by atoms with Gasteiger partial charge in [-0.1, -0.05) is 23.7 Å². The van der Waals surface area contributed by atoms with Gasteiger partial charge in [0.05, 0.1) is 35.7 Å². The molecule has 13 heteroatoms. The van der Waals surface area contributed by atoms with Crippen molar-refractivity contribution >= 4 is 38.5 Å². The molecule has 3 aromatic rings. The van der Waals surface area contributed by atoms with Gasteiger partial charge in [-0.2, -0.15) is 9.29 Å². The summed E-state index contributed by atoms with van der Waals surface area (Å²) in [7, 11) is -3.16. The van der Waals surface area contributed by atoms with E-state index in [0.717, 1.165) is 11.3 Å². The van der Waals surface area contributed by atoms with Crippen LogP contribution in [0.3, 0.4) is 0 Å². The van der Waals surface area contributed by atoms with Crippen molar-refractivity contribution in [2.45, 2.75) is 24.4 Å². The Balaban J connectivity index is 1.17. The molecule has 3 fully saturated rings. The highest BCUT2D eigenvalue weighted by Gasteiger charge is 2.48. The Bertz CT molecular complexity index is 1380. The number of rotatable bonds is 5. The fourth-order valence-electron chi connectivity index (χ4n) is 4.95. The van der Waals surface area contributed by atoms with Crippen LogP contribution in [0, 0.1) is 0 Å². The van der Waals surface area contributed by atoms with Gasteiger partial charge in [0, 0.05) is 37.4 Å². The van der Waals surface area contributed by atoms with Crippen LogP contribution < -0.4 is 9.64 Å². The average Bonchev–Trinajstić information content (AvgIpc) is 3.55. The maximum Gasteiger partial charge on any atom is 0.296 e. The van der Waals surface area contributed by atoms with E-state index in [2.05, 4.69) is 19.9 Å². The molecule has 0 aliphatic carbocycles. The number of H-pyrrole nitrogens is 1. The smallest absolute Gasteiger partial charge is 0.296 e. The fourth-order valence-corrected chi connectivity index (χ4v) is 6.04. The first-order valence-corrected chi connectivity index (χ1v) is 13.9. The number of benzene rings is 1. The van der Waals surface area contributed by atoms with Gasteiger partial charge in [0.2, 0.25) is 10.0 Å². The molecule has 192 valence electrons. The summed E-state index contributed by atoms with van der Waals surface area (Å²) < 4.78 is 42.2. The minimum absolute atomic E-state index is 0.228. The van der Waals surface area contributed by atoms with E-state index in [9.17, 15) is 13.5 Å². The summed E-state index contributed by atoms with van der Waals surface area (Å²) in [6.45, 7) is 2.73. The van der Waals surface area contributed by atoms with E-state index in [4.69, 9.17) is 25.8 Å². The van der Waals surface area contributed by atoms with Gasteiger partial charge in [-0.05, 0) is 18.2 Å². The summed E-state index contributed by atoms with van der Waals surface area (Å²) in [5, 5.41) is 10.4. The third kappa shape index (κ3) is 4.42. The SMILES string of the molecule is CS(=O)(=O)N1CCN(c2ccc(-c3nc4nc(O[C@@H]5CO[C@H]6[C@@H]5OC[C@H]6O)[nH]c4cc3Cl)cc2)CC1. The van der Waals surface area contributed by atoms with Crippen LogP contribution in [0.2, 0.25) is 5.02 Å². The number of aliphatic hydroxyl groups excluding tert-OH is 1. The number of aromatic nitrogens is 3. The number of nitrogens with one attached hydrogen (secondary N) is 1. The lowest BCUT2D eigenvalue weighted by atomic mass is 10.1. The van der Waals surface area contributed by atoms with Gasteiger partial charge in [-0.25, -0.2) is 13.4 Å². The Labute approximate surface area is 213 Å². The second kappa shape index (κ2) is 9.12. The third-order valence-corrected chi connectivity index (χ3v) is 8.45. The largest absolute Gasteiger partial charge is 0.456 e. The highest BCUT2D eigenvalue weighted by atomic mass is 35.5. The molecule has 5 heterocycles. The van der Waals surface area contributed by atoms with E-state index in [1.54, 1.807) is 6.07 Å². The Morgan fingerprint density at radius 2 is 1.81 bits per heavy atom. The number of ether oxygens (including phenoxy) is 3. The zero-order valence-corrected chi connectivity index (χ0v) is 21.1. The summed E-state index contributed by atoms with van der Waals surface area (Å²) in [6.07, 6.45) is -0.508. The molecular weight excluding hydrogens is 510 g/mol. The van der Waals surface area contributed by atoms with Gasteiger partial charge in [0.1, 0.15) is 18.3 Å². The predicted molar refractivity (Wildman–Crippen MR) is 133 cm³/mol. The molecule has 3 saturated heterocycles. The minimum Gasteiger partial charge on any atom is -0.456 e. The number of piperazine rings is 1. The van der Waals surface area contributed by atoms with Crippen molar-refractivity contribution in [3.05, 3.63) is 35.4 Å². The van der Waals surface area contributed by atoms with Crippen LogP contribution in [0.5, 0.6) is 6.01 Å². The number of halogens is 1. The molecule has 2 aromatic heterocycles. The van der Waals surface area contributed by atoms with E-state index in [1.807, 2.05) is 24.3 Å². The molecule has 6 rings (SSSR count). The quantitative estimate of drug-likeness (QED) is 0.496. The van der Waals surface area contributed by atoms with Crippen LogP contribution in [0.1, 0.15) is 0 Å². The molecule has 1 aromatic carbocycles. The van der Waals surface area contributed by atoms with Gasteiger partial charge in [0.15, 0.2) is 11.8 Å². The number of hydrogen-bond acceptors (Lipinski definition) is 9. The number of nitrogens with zero attached hydrogens (tertiary/aromatic N) is 4. The summed E-state index contributed by atoms with van der Waals surface area (Å²) in [4.78, 5) is 14.4. The molecule has 4 atom stereocenters. The lowest BCUT2D eigenvalue weighted by Crippen LogP contribution is -2.48. The van der Waals surface area contributed by atoms with Crippen molar-refractivity contribution in [2.75, 3.05) is 50.5 Å². The van der Waals surface area contributed by atoms with E-state index in [0.29, 0.717) is 54.7 Å². The number of fused-ring (bicyclic) bond motifs is 2. The van der Waals surface area contributed by atoms with E-state index >= 15 is 0 Å². The highest BCUT2D eigenvalue weighted by Crippen LogP contribution is 2.33. The molecule has 0 amide bonds. The number of imidazole rings is 1. The van der Waals surface area contributed by atoms with E-state index in [1.165, 1.54) is 10.6 Å². The zero-order chi connectivity index (χ0) is 25.0. The molecule has 0 saturated carbocycles. The molecule has 2 N–H and O–H groups in total. The summed E-state index contributed by atoms with van der Waals surface area (Å²) in [5.41, 5.74) is 3.56. The van der Waals surface area contributed by atoms with Crippen LogP contribution >= 0.6 is 11.6 Å². The van der Waals surface area contributed by atoms with Gasteiger partial charge >= 0.3 is 0 Å². The van der Waals surface area contributed by atoms with Crippen molar-refractivity contribution in [3.8, 4) is 17.3 Å². The van der Waals surface area contributed by atoms with Crippen LogP contribution in [0.25, 0.3) is 22.4 Å². The number of aromatic amines is 1. The average molecular weight is 536 g/mol. The molecule has 0 radical (unpaired) electrons. The third-order valence-electron chi connectivity index (χ3n) is 6.86. The standard InChI is InChI=1S/C23H26ClN5O6S/c1-36(31,32)29-8-6-28(7-9-29)14-4-2-13(3-5-14)19-15(24)10-16-22(26-19)27-23(25-16)35-18-12-34-20-17(30)11-33-21(18)20/h2-5,10,17-18,20-21,30H,6-9,11-12H2,1H3,(H,25,26,27)/t17-,18-,20-,21-/m1/s1. The summed E-state index contributed by atoms with van der Waals surface area (Å²) >= 11 is 6.56. The molecule has 3 aliphatic heterocycles. The topological polar surface area (TPSA) is 130 Å². The van der Waals surface area contributed by atoms with Gasteiger partial charge in [0.25, 0.3) is 6.01 Å². The molecule has 0 bridgehead atoms. The minimum atomic E-state index is -3.16. The number of hydrogen-bond donors (Lipinski definition) is 2. The zero-order valence-electron chi connectivity index (χ0n) is 19.5. The maximum atomic E-state index is 11.8. The molecule has 0 unspecified atom stereocenters. The Kier molecular flexibility index (Phi) is 6.05. The normalized spacial score (nSPS) is 27.0. The number of anilines is 1. The monoisotopic (exact) mass is 535 g/mol. The van der Waals surface area contributed by atoms with E-state index < -0.39 is 16.1 Å². The molecule has 11 nitrogen and oxygen atoms in total. The number of aliphatic hydroxyl groups is 1. The van der Waals surface area contributed by atoms with Gasteiger partial charge in [-0.15, -0.1) is 0 Å². The Morgan fingerprint density at radius 3 is 2.53 bits per heavy atom. The molecular formula is C23H26ClN5O6S. The van der Waals surface area contributed by atoms with Crippen LogP contribution in [-0.4, -0.2) is 103 Å². The Hall–Kier alpha value is -2.48. The second-order valence-corrected chi connectivity index (χ2v) is 11.6. The van der Waals surface area contributed by atoms with Crippen LogP contribution in [-0.2, 0) is 19.5 Å². The highest BCUT2D eigenvalue weighted by molar-refractivity contribution is 7.88. The molecule has 0 spiro atoms. The van der Waals surface area contributed by atoms with Crippen molar-refractivity contribution < 1.29 is 27.7 Å². The van der Waals surface area contributed by atoms with Crippen molar-refractivity contribution in [1.82, 2.24) is 19.3 Å². The van der Waals surface area contributed by atoms with Crippen molar-refractivity contribution in [2.24, 2.45) is 0 Å². The molecule has 36 heavy (non-hydrogen) atoms. The predicted octanol–water partition coefficient (Wildman–Crippen LogP) is 1.27. The second-order valence-electron chi connectivity index (χ2n) is 9.25. The van der Waals surface area contributed by atoms with Crippen molar-refractivity contribution in [1.29, 1.82) is 0 Å². The summed E-state index contributed by atoms with van der Waals surface area (Å²) in [5.74, 6) is 0. The maximum absolute atomic E-state index is 11.8. The van der Waals surface area contributed by atoms with Gasteiger partial charge < -0.3 is 29.2 Å². The lowest BCUT2D eigenvalue weighted by Gasteiger charge is -2.34. The first-order valence-electron chi connectivity index (χ1n) is 11.7. The van der Waals surface area contributed by atoms with Crippen molar-refractivity contribution in [3.63, 3.8) is 0 Å². The van der Waals surface area contributed by atoms with E-state index in [-0.39, 0.29) is 30.9 Å². The molecule has 3 aliphatic rings. The lowest BCUT2D eigenvalue weighted by molar-refractivity contribution is 0.00706. The fraction of sp³-hybridized carbons (Fsp3) is 0.478. The first kappa shape index (κ1) is 23.9. The van der Waals surface area contributed by atoms with Crippen LogP contribution in [0.15, 0.2) is 30.3 Å². The summed E-state index contributed by atoms with van der Waals surface area (Å²) in [6, 6.07) is 9.91. The number of sulfonamides is 1. The van der Waals surface area contributed by atoms with Gasteiger partial charge in [-0.3, -0.25) is 0 Å².